The summed E-state index contributed by atoms with van der Waals surface area (Å²) < 4.78 is 1.83. The van der Waals surface area contributed by atoms with Crippen LogP contribution in [0.3, 0.4) is 0 Å². The van der Waals surface area contributed by atoms with Crippen molar-refractivity contribution in [3.63, 3.8) is 0 Å². The van der Waals surface area contributed by atoms with Gasteiger partial charge < -0.3 is 15.5 Å². The van der Waals surface area contributed by atoms with Gasteiger partial charge in [0.15, 0.2) is 5.82 Å². The number of pyridine rings is 1. The van der Waals surface area contributed by atoms with Crippen molar-refractivity contribution in [2.45, 2.75) is 6.54 Å². The van der Waals surface area contributed by atoms with Crippen molar-refractivity contribution in [2.24, 2.45) is 0 Å². The number of amides is 2. The molecule has 0 radical (unpaired) electrons. The summed E-state index contributed by atoms with van der Waals surface area (Å²) in [5.74, 6) is 1.46. The summed E-state index contributed by atoms with van der Waals surface area (Å²) in [6.07, 6.45) is 3.23. The lowest BCUT2D eigenvalue weighted by atomic mass is 10.3. The first-order valence-corrected chi connectivity index (χ1v) is 7.76. The van der Waals surface area contributed by atoms with Crippen LogP contribution in [0.2, 0.25) is 0 Å². The molecule has 128 valence electrons. The Morgan fingerprint density at radius 2 is 1.96 bits per heavy atom. The molecule has 0 unspecified atom stereocenters. The van der Waals surface area contributed by atoms with E-state index >= 15 is 0 Å². The van der Waals surface area contributed by atoms with E-state index < -0.39 is 0 Å². The third-order valence-corrected chi connectivity index (χ3v) is 3.52. The predicted molar refractivity (Wildman–Crippen MR) is 95.8 cm³/mol. The van der Waals surface area contributed by atoms with Crippen LogP contribution in [0.25, 0.3) is 5.69 Å². The average molecular weight is 337 g/mol. The summed E-state index contributed by atoms with van der Waals surface area (Å²) in [4.78, 5) is 18.2. The third-order valence-electron chi connectivity index (χ3n) is 3.52. The highest BCUT2D eigenvalue weighted by molar-refractivity contribution is 5.89. The zero-order valence-corrected chi connectivity index (χ0v) is 14.0. The first kappa shape index (κ1) is 16.4. The van der Waals surface area contributed by atoms with Crippen LogP contribution in [0.4, 0.5) is 16.3 Å². The number of carbonyl (C=O) groups excluding carboxylic acids is 1. The van der Waals surface area contributed by atoms with E-state index in [9.17, 15) is 4.79 Å². The minimum atomic E-state index is -0.331. The van der Waals surface area contributed by atoms with Crippen molar-refractivity contribution in [2.75, 3.05) is 24.3 Å². The number of nitrogens with one attached hydrogen (secondary N) is 2. The number of benzene rings is 1. The van der Waals surface area contributed by atoms with Gasteiger partial charge in [-0.1, -0.05) is 18.2 Å². The molecule has 0 bridgehead atoms. The Labute approximate surface area is 145 Å². The maximum absolute atomic E-state index is 12.1. The Hall–Kier alpha value is -3.42. The second-order valence-electron chi connectivity index (χ2n) is 5.56. The van der Waals surface area contributed by atoms with Gasteiger partial charge in [-0.3, -0.25) is 4.57 Å². The van der Waals surface area contributed by atoms with Gasteiger partial charge >= 0.3 is 6.03 Å². The van der Waals surface area contributed by atoms with E-state index in [1.54, 1.807) is 18.6 Å². The van der Waals surface area contributed by atoms with E-state index in [2.05, 4.69) is 25.8 Å². The lowest BCUT2D eigenvalue weighted by Gasteiger charge is -2.12. The molecule has 0 fully saturated rings. The highest BCUT2D eigenvalue weighted by Gasteiger charge is 2.08. The molecule has 3 aromatic rings. The van der Waals surface area contributed by atoms with E-state index in [0.29, 0.717) is 11.5 Å². The van der Waals surface area contributed by atoms with Crippen molar-refractivity contribution < 1.29 is 4.79 Å². The van der Waals surface area contributed by atoms with E-state index in [4.69, 9.17) is 0 Å². The van der Waals surface area contributed by atoms with Gasteiger partial charge in [0, 0.05) is 19.8 Å². The molecule has 0 saturated heterocycles. The van der Waals surface area contributed by atoms with Gasteiger partial charge in [0.25, 0.3) is 0 Å². The number of nitrogens with zero attached hydrogens (tertiary/aromatic N) is 5. The van der Waals surface area contributed by atoms with Gasteiger partial charge in [0.2, 0.25) is 0 Å². The quantitative estimate of drug-likeness (QED) is 0.744. The van der Waals surface area contributed by atoms with Gasteiger partial charge in [-0.25, -0.2) is 9.78 Å². The normalized spacial score (nSPS) is 10.3. The summed E-state index contributed by atoms with van der Waals surface area (Å²) in [6, 6.07) is 13.0. The van der Waals surface area contributed by atoms with Gasteiger partial charge in [-0.05, 0) is 24.3 Å². The van der Waals surface area contributed by atoms with Crippen LogP contribution in [0.15, 0.2) is 55.0 Å². The lowest BCUT2D eigenvalue weighted by Crippen LogP contribution is -2.29. The van der Waals surface area contributed by atoms with E-state index in [0.717, 1.165) is 11.5 Å². The summed E-state index contributed by atoms with van der Waals surface area (Å²) >= 11 is 0. The zero-order chi connectivity index (χ0) is 17.6. The number of para-hydroxylation sites is 1. The van der Waals surface area contributed by atoms with Gasteiger partial charge in [-0.15, -0.1) is 10.2 Å². The van der Waals surface area contributed by atoms with Gasteiger partial charge in [0.05, 0.1) is 18.4 Å². The van der Waals surface area contributed by atoms with E-state index in [1.165, 1.54) is 0 Å². The fourth-order valence-electron chi connectivity index (χ4n) is 2.24. The number of aromatic nitrogens is 4. The van der Waals surface area contributed by atoms with Crippen molar-refractivity contribution in [3.8, 4) is 5.69 Å². The molecule has 0 atom stereocenters. The largest absolute Gasteiger partial charge is 0.363 e. The van der Waals surface area contributed by atoms with Crippen LogP contribution in [-0.2, 0) is 6.54 Å². The number of rotatable bonds is 5. The summed E-state index contributed by atoms with van der Waals surface area (Å²) in [7, 11) is 3.82. The predicted octanol–water partition coefficient (Wildman–Crippen LogP) is 2.05. The monoisotopic (exact) mass is 337 g/mol. The standard InChI is InChI=1S/C17H19N7O/c1-23(2)15-9-8-13(10-18-15)21-17(25)19-11-16-22-20-12-24(16)14-6-4-3-5-7-14/h3-10,12H,11H2,1-2H3,(H2,19,21,25). The fourth-order valence-corrected chi connectivity index (χ4v) is 2.24. The smallest absolute Gasteiger partial charge is 0.319 e. The Kier molecular flexibility index (Phi) is 4.89. The maximum Gasteiger partial charge on any atom is 0.319 e. The van der Waals surface area contributed by atoms with Crippen molar-refractivity contribution in [1.82, 2.24) is 25.1 Å². The summed E-state index contributed by atoms with van der Waals surface area (Å²) in [5.41, 5.74) is 1.56. The molecule has 2 aromatic heterocycles. The molecular weight excluding hydrogens is 318 g/mol. The number of hydrogen-bond acceptors (Lipinski definition) is 5. The number of urea groups is 1. The third kappa shape index (κ3) is 4.11. The van der Waals surface area contributed by atoms with Crippen molar-refractivity contribution in [3.05, 3.63) is 60.8 Å². The maximum atomic E-state index is 12.1. The second kappa shape index (κ2) is 7.43. The Balaban J connectivity index is 1.59. The molecule has 3 rings (SSSR count). The average Bonchev–Trinajstić information content (AvgIpc) is 3.10. The highest BCUT2D eigenvalue weighted by atomic mass is 16.2. The van der Waals surface area contributed by atoms with Crippen molar-refractivity contribution in [1.29, 1.82) is 0 Å². The zero-order valence-electron chi connectivity index (χ0n) is 14.0. The molecule has 25 heavy (non-hydrogen) atoms. The first-order valence-electron chi connectivity index (χ1n) is 7.76. The Morgan fingerprint density at radius 3 is 2.64 bits per heavy atom. The number of anilines is 2. The molecule has 8 nitrogen and oxygen atoms in total. The van der Waals surface area contributed by atoms with Crippen molar-refractivity contribution >= 4 is 17.5 Å². The molecule has 0 aliphatic heterocycles. The second-order valence-corrected chi connectivity index (χ2v) is 5.56. The minimum absolute atomic E-state index is 0.254. The molecule has 0 spiro atoms. The van der Waals surface area contributed by atoms with Crippen LogP contribution < -0.4 is 15.5 Å². The topological polar surface area (TPSA) is 88.0 Å². The lowest BCUT2D eigenvalue weighted by molar-refractivity contribution is 0.251. The van der Waals surface area contributed by atoms with E-state index in [1.807, 2.05) is 60.0 Å². The van der Waals surface area contributed by atoms with Crippen LogP contribution in [0.1, 0.15) is 5.82 Å². The Morgan fingerprint density at radius 1 is 1.16 bits per heavy atom. The molecule has 1 aromatic carbocycles. The summed E-state index contributed by atoms with van der Waals surface area (Å²) in [5, 5.41) is 13.5. The van der Waals surface area contributed by atoms with Gasteiger partial charge in [0.1, 0.15) is 12.1 Å². The van der Waals surface area contributed by atoms with Crippen LogP contribution in [-0.4, -0.2) is 39.9 Å². The Bertz CT molecular complexity index is 828. The first-order chi connectivity index (χ1) is 12.1. The fraction of sp³-hybridized carbons (Fsp3) is 0.176. The molecule has 0 aliphatic carbocycles. The minimum Gasteiger partial charge on any atom is -0.363 e. The highest BCUT2D eigenvalue weighted by Crippen LogP contribution is 2.12. The molecule has 2 heterocycles. The number of carbonyl (C=O) groups is 1. The molecule has 8 heteroatoms. The van der Waals surface area contributed by atoms with Gasteiger partial charge in [-0.2, -0.15) is 0 Å². The molecular formula is C17H19N7O. The van der Waals surface area contributed by atoms with E-state index in [-0.39, 0.29) is 12.6 Å². The summed E-state index contributed by atoms with van der Waals surface area (Å²) in [6.45, 7) is 0.254. The van der Waals surface area contributed by atoms with Crippen LogP contribution >= 0.6 is 0 Å². The number of hydrogen-bond donors (Lipinski definition) is 2. The van der Waals surface area contributed by atoms with Crippen LogP contribution in [0, 0.1) is 0 Å². The molecule has 0 saturated carbocycles. The van der Waals surface area contributed by atoms with Crippen LogP contribution in [0.5, 0.6) is 0 Å². The molecule has 0 aliphatic rings. The molecule has 2 N–H and O–H groups in total. The SMILES string of the molecule is CN(C)c1ccc(NC(=O)NCc2nncn2-c2ccccc2)cn1. The molecule has 2 amide bonds.